The SMILES string of the molecule is Cc1c(Cl)nc2ncnn2c1N(C)CC(=O)N(C)C. The van der Waals surface area contributed by atoms with E-state index in [4.69, 9.17) is 11.6 Å². The van der Waals surface area contributed by atoms with E-state index in [9.17, 15) is 4.79 Å². The first-order chi connectivity index (χ1) is 8.91. The molecule has 2 rings (SSSR count). The van der Waals surface area contributed by atoms with Gasteiger partial charge in [0.15, 0.2) is 0 Å². The molecule has 7 nitrogen and oxygen atoms in total. The lowest BCUT2D eigenvalue weighted by molar-refractivity contribution is -0.127. The molecule has 2 aromatic rings. The van der Waals surface area contributed by atoms with Crippen LogP contribution in [0.15, 0.2) is 6.33 Å². The van der Waals surface area contributed by atoms with Gasteiger partial charge in [-0.1, -0.05) is 11.6 Å². The molecule has 2 heterocycles. The summed E-state index contributed by atoms with van der Waals surface area (Å²) in [7, 11) is 5.24. The maximum atomic E-state index is 11.8. The number of anilines is 1. The number of likely N-dealkylation sites (N-methyl/N-ethyl adjacent to an activating group) is 2. The van der Waals surface area contributed by atoms with Gasteiger partial charge in [0.1, 0.15) is 17.3 Å². The van der Waals surface area contributed by atoms with E-state index in [1.165, 1.54) is 11.2 Å². The number of carbonyl (C=O) groups is 1. The van der Waals surface area contributed by atoms with Gasteiger partial charge >= 0.3 is 0 Å². The Hall–Kier alpha value is -1.89. The summed E-state index contributed by atoms with van der Waals surface area (Å²) in [5.74, 6) is 1.11. The third kappa shape index (κ3) is 2.46. The molecule has 0 aromatic carbocycles. The molecular formula is C11H15ClN6O. The van der Waals surface area contributed by atoms with Crippen LogP contribution >= 0.6 is 11.6 Å². The van der Waals surface area contributed by atoms with E-state index in [2.05, 4.69) is 15.1 Å². The molecule has 0 unspecified atom stereocenters. The first-order valence-corrected chi connectivity index (χ1v) is 6.06. The van der Waals surface area contributed by atoms with Crippen LogP contribution < -0.4 is 4.90 Å². The zero-order valence-corrected chi connectivity index (χ0v) is 12.0. The number of nitrogens with zero attached hydrogens (tertiary/aromatic N) is 6. The maximum Gasteiger partial charge on any atom is 0.255 e. The lowest BCUT2D eigenvalue weighted by atomic mass is 10.3. The van der Waals surface area contributed by atoms with Gasteiger partial charge in [-0.2, -0.15) is 19.6 Å². The Balaban J connectivity index is 2.46. The molecule has 0 aliphatic carbocycles. The molecule has 19 heavy (non-hydrogen) atoms. The molecule has 2 aromatic heterocycles. The summed E-state index contributed by atoms with van der Waals surface area (Å²) in [6.45, 7) is 2.06. The molecule has 102 valence electrons. The molecule has 0 N–H and O–H groups in total. The van der Waals surface area contributed by atoms with Crippen molar-refractivity contribution < 1.29 is 4.79 Å². The van der Waals surface area contributed by atoms with Crippen molar-refractivity contribution in [3.05, 3.63) is 17.0 Å². The zero-order valence-electron chi connectivity index (χ0n) is 11.3. The van der Waals surface area contributed by atoms with Crippen LogP contribution in [0.5, 0.6) is 0 Å². The van der Waals surface area contributed by atoms with Crippen molar-refractivity contribution in [2.75, 3.05) is 32.6 Å². The molecular weight excluding hydrogens is 268 g/mol. The van der Waals surface area contributed by atoms with Crippen molar-refractivity contribution in [1.82, 2.24) is 24.5 Å². The highest BCUT2D eigenvalue weighted by Crippen LogP contribution is 2.24. The van der Waals surface area contributed by atoms with Crippen LogP contribution in [0.25, 0.3) is 5.78 Å². The van der Waals surface area contributed by atoms with Crippen LogP contribution in [-0.2, 0) is 4.79 Å². The first kappa shape index (κ1) is 13.5. The van der Waals surface area contributed by atoms with Crippen LogP contribution in [0.4, 0.5) is 5.82 Å². The molecule has 0 saturated heterocycles. The second-order valence-electron chi connectivity index (χ2n) is 4.47. The molecule has 0 fully saturated rings. The number of amides is 1. The van der Waals surface area contributed by atoms with Crippen molar-refractivity contribution >= 4 is 29.1 Å². The van der Waals surface area contributed by atoms with Crippen molar-refractivity contribution in [3.8, 4) is 0 Å². The Morgan fingerprint density at radius 1 is 1.42 bits per heavy atom. The number of halogens is 1. The topological polar surface area (TPSA) is 66.6 Å². The highest BCUT2D eigenvalue weighted by Gasteiger charge is 2.18. The Morgan fingerprint density at radius 3 is 2.74 bits per heavy atom. The van der Waals surface area contributed by atoms with Crippen molar-refractivity contribution in [1.29, 1.82) is 0 Å². The molecule has 0 spiro atoms. The smallest absolute Gasteiger partial charge is 0.255 e. The zero-order chi connectivity index (χ0) is 14.2. The Labute approximate surface area is 115 Å². The first-order valence-electron chi connectivity index (χ1n) is 5.69. The molecule has 8 heteroatoms. The minimum atomic E-state index is -0.0110. The minimum Gasteiger partial charge on any atom is -0.350 e. The molecule has 0 atom stereocenters. The summed E-state index contributed by atoms with van der Waals surface area (Å²) in [5.41, 5.74) is 0.758. The Morgan fingerprint density at radius 2 is 2.11 bits per heavy atom. The number of carbonyl (C=O) groups excluding carboxylic acids is 1. The van der Waals surface area contributed by atoms with Gasteiger partial charge in [0.2, 0.25) is 5.91 Å². The van der Waals surface area contributed by atoms with Crippen molar-refractivity contribution in [3.63, 3.8) is 0 Å². The van der Waals surface area contributed by atoms with Gasteiger partial charge in [0.05, 0.1) is 6.54 Å². The lowest BCUT2D eigenvalue weighted by Crippen LogP contribution is -2.35. The standard InChI is InChI=1S/C11H15ClN6O/c1-7-9(12)15-11-13-6-14-18(11)10(7)17(4)5-8(19)16(2)3/h6H,5H2,1-4H3. The van der Waals surface area contributed by atoms with Gasteiger partial charge in [-0.25, -0.2) is 0 Å². The van der Waals surface area contributed by atoms with E-state index < -0.39 is 0 Å². The second kappa shape index (κ2) is 5.00. The van der Waals surface area contributed by atoms with Crippen molar-refractivity contribution in [2.45, 2.75) is 6.92 Å². The van der Waals surface area contributed by atoms with Crippen molar-refractivity contribution in [2.24, 2.45) is 0 Å². The summed E-state index contributed by atoms with van der Waals surface area (Å²) < 4.78 is 1.57. The minimum absolute atomic E-state index is 0.0110. The number of rotatable bonds is 3. The number of hydrogen-bond acceptors (Lipinski definition) is 5. The summed E-state index contributed by atoms with van der Waals surface area (Å²) in [6, 6.07) is 0. The lowest BCUT2D eigenvalue weighted by Gasteiger charge is -2.23. The van der Waals surface area contributed by atoms with E-state index in [0.29, 0.717) is 16.7 Å². The Kier molecular flexibility index (Phi) is 3.57. The summed E-state index contributed by atoms with van der Waals surface area (Å²) >= 11 is 6.08. The summed E-state index contributed by atoms with van der Waals surface area (Å²) in [6.07, 6.45) is 1.41. The molecule has 0 radical (unpaired) electrons. The van der Waals surface area contributed by atoms with Crippen LogP contribution in [0, 0.1) is 6.92 Å². The van der Waals surface area contributed by atoms with Gasteiger partial charge < -0.3 is 9.80 Å². The second-order valence-corrected chi connectivity index (χ2v) is 4.83. The maximum absolute atomic E-state index is 11.8. The van der Waals surface area contributed by atoms with E-state index in [-0.39, 0.29) is 12.5 Å². The fourth-order valence-corrected chi connectivity index (χ4v) is 1.91. The van der Waals surface area contributed by atoms with Gasteiger partial charge in [0.25, 0.3) is 5.78 Å². The average Bonchev–Trinajstić information content (AvgIpc) is 2.77. The van der Waals surface area contributed by atoms with E-state index in [1.807, 2.05) is 6.92 Å². The summed E-state index contributed by atoms with van der Waals surface area (Å²) in [4.78, 5) is 23.2. The number of aromatic nitrogens is 4. The van der Waals surface area contributed by atoms with Crippen LogP contribution in [0.3, 0.4) is 0 Å². The fourth-order valence-electron chi connectivity index (χ4n) is 1.75. The van der Waals surface area contributed by atoms with Gasteiger partial charge in [-0.15, -0.1) is 0 Å². The van der Waals surface area contributed by atoms with Gasteiger partial charge in [-0.05, 0) is 6.92 Å². The fraction of sp³-hybridized carbons (Fsp3) is 0.455. The van der Waals surface area contributed by atoms with E-state index in [0.717, 1.165) is 5.56 Å². The predicted molar refractivity (Wildman–Crippen MR) is 72.5 cm³/mol. The van der Waals surface area contributed by atoms with Crippen LogP contribution in [-0.4, -0.2) is 58.1 Å². The molecule has 0 aliphatic rings. The number of fused-ring (bicyclic) bond motifs is 1. The average molecular weight is 283 g/mol. The molecule has 0 saturated carbocycles. The Bertz CT molecular complexity index is 623. The monoisotopic (exact) mass is 282 g/mol. The molecule has 0 bridgehead atoms. The summed E-state index contributed by atoms with van der Waals surface area (Å²) in [5, 5.41) is 4.47. The van der Waals surface area contributed by atoms with Gasteiger partial charge in [-0.3, -0.25) is 4.79 Å². The van der Waals surface area contributed by atoms with Crippen LogP contribution in [0.2, 0.25) is 5.15 Å². The predicted octanol–water partition coefficient (Wildman–Crippen LogP) is 0.611. The highest BCUT2D eigenvalue weighted by molar-refractivity contribution is 6.30. The largest absolute Gasteiger partial charge is 0.350 e. The molecule has 1 amide bonds. The quantitative estimate of drug-likeness (QED) is 0.772. The third-order valence-electron chi connectivity index (χ3n) is 2.81. The molecule has 0 aliphatic heterocycles. The highest BCUT2D eigenvalue weighted by atomic mass is 35.5. The normalized spacial score (nSPS) is 10.8. The van der Waals surface area contributed by atoms with E-state index in [1.54, 1.807) is 30.6 Å². The van der Waals surface area contributed by atoms with Gasteiger partial charge in [0, 0.05) is 26.7 Å². The van der Waals surface area contributed by atoms with E-state index >= 15 is 0 Å². The number of hydrogen-bond donors (Lipinski definition) is 0. The van der Waals surface area contributed by atoms with Crippen LogP contribution in [0.1, 0.15) is 5.56 Å². The third-order valence-corrected chi connectivity index (χ3v) is 3.17.